The van der Waals surface area contributed by atoms with Crippen LogP contribution in [-0.2, 0) is 6.18 Å². The van der Waals surface area contributed by atoms with E-state index >= 15 is 0 Å². The number of rotatable bonds is 3. The number of hydrogen-bond acceptors (Lipinski definition) is 7. The van der Waals surface area contributed by atoms with Crippen molar-refractivity contribution in [3.63, 3.8) is 0 Å². The van der Waals surface area contributed by atoms with E-state index in [4.69, 9.17) is 10.2 Å². The van der Waals surface area contributed by atoms with Gasteiger partial charge in [-0.25, -0.2) is 19.7 Å². The van der Waals surface area contributed by atoms with Crippen LogP contribution in [0, 0.1) is 11.8 Å². The summed E-state index contributed by atoms with van der Waals surface area (Å²) in [5, 5.41) is 14.4. The molecule has 2 amide bonds. The number of urea groups is 1. The Morgan fingerprint density at radius 1 is 1.17 bits per heavy atom. The van der Waals surface area contributed by atoms with Crippen LogP contribution in [0.4, 0.5) is 35.2 Å². The smallest absolute Gasteiger partial charge is 0.416 e. The molecule has 1 saturated heterocycles. The molecule has 1 atom stereocenters. The summed E-state index contributed by atoms with van der Waals surface area (Å²) < 4.78 is 45.5. The summed E-state index contributed by atoms with van der Waals surface area (Å²) in [5.74, 6) is 6.31. The van der Waals surface area contributed by atoms with E-state index in [-0.39, 0.29) is 36.6 Å². The molecule has 2 aromatic carbocycles. The maximum absolute atomic E-state index is 13.8. The van der Waals surface area contributed by atoms with Gasteiger partial charge in [0, 0.05) is 35.3 Å². The first-order chi connectivity index (χ1) is 19.6. The van der Waals surface area contributed by atoms with Gasteiger partial charge in [-0.3, -0.25) is 0 Å². The Kier molecular flexibility index (Phi) is 6.40. The highest BCUT2D eigenvalue weighted by Crippen LogP contribution is 2.45. The minimum absolute atomic E-state index is 0.137. The SMILES string of the molecule is NCC#Cc1cc(NC(=O)N2c3nc(-c4cccc(C(F)(F)F)c4)ccc3N3CC[C@@]2(O)C3)cc(-c2cnco2)c1. The van der Waals surface area contributed by atoms with Gasteiger partial charge in [-0.05, 0) is 42.5 Å². The van der Waals surface area contributed by atoms with Gasteiger partial charge in [0.25, 0.3) is 0 Å². The Morgan fingerprint density at radius 2 is 2.02 bits per heavy atom. The minimum Gasteiger partial charge on any atom is -0.444 e. The summed E-state index contributed by atoms with van der Waals surface area (Å²) in [7, 11) is 0. The number of hydrogen-bond donors (Lipinski definition) is 3. The van der Waals surface area contributed by atoms with Crippen molar-refractivity contribution in [3.05, 3.63) is 78.3 Å². The molecule has 4 N–H and O–H groups in total. The maximum atomic E-state index is 13.8. The lowest BCUT2D eigenvalue weighted by atomic mass is 10.1. The van der Waals surface area contributed by atoms with Crippen molar-refractivity contribution in [1.29, 1.82) is 0 Å². The number of nitrogens with one attached hydrogen (secondary N) is 1. The quantitative estimate of drug-likeness (QED) is 0.311. The number of amides is 2. The number of anilines is 3. The minimum atomic E-state index is -4.52. The van der Waals surface area contributed by atoms with Crippen molar-refractivity contribution in [2.24, 2.45) is 5.73 Å². The lowest BCUT2D eigenvalue weighted by molar-refractivity contribution is -0.137. The van der Waals surface area contributed by atoms with Gasteiger partial charge in [-0.15, -0.1) is 0 Å². The van der Waals surface area contributed by atoms with Gasteiger partial charge >= 0.3 is 12.2 Å². The third-order valence-electron chi connectivity index (χ3n) is 6.97. The van der Waals surface area contributed by atoms with Crippen molar-refractivity contribution in [1.82, 2.24) is 9.97 Å². The molecule has 1 fully saturated rings. The first-order valence-corrected chi connectivity index (χ1v) is 12.6. The molecule has 12 heteroatoms. The molecule has 2 aliphatic heterocycles. The topological polar surface area (TPSA) is 121 Å². The molecular formula is C29H23F3N6O3. The summed E-state index contributed by atoms with van der Waals surface area (Å²) in [6.45, 7) is 0.767. The van der Waals surface area contributed by atoms with Crippen molar-refractivity contribution in [2.75, 3.05) is 34.8 Å². The molecule has 4 aromatic rings. The molecule has 9 nitrogen and oxygen atoms in total. The standard InChI is InChI=1S/C29H23F3N6O3/c30-29(31,32)21-5-1-4-19(13-21)23-6-7-24-26(36-23)38(28(40)8-10-37(24)16-28)27(39)35-22-12-18(3-2-9-33)11-20(14-22)25-15-34-17-41-25/h1,4-7,11-15,17,40H,8-10,16,33H2,(H,35,39)/t28-/m1/s1. The van der Waals surface area contributed by atoms with Gasteiger partial charge in [0.05, 0.1) is 36.2 Å². The van der Waals surface area contributed by atoms with Crippen LogP contribution in [0.3, 0.4) is 0 Å². The second-order valence-corrected chi connectivity index (χ2v) is 9.71. The first-order valence-electron chi connectivity index (χ1n) is 12.6. The Morgan fingerprint density at radius 3 is 2.78 bits per heavy atom. The molecule has 0 unspecified atom stereocenters. The van der Waals surface area contributed by atoms with E-state index in [1.165, 1.54) is 29.6 Å². The van der Waals surface area contributed by atoms with E-state index in [1.54, 1.807) is 30.3 Å². The van der Waals surface area contributed by atoms with Gasteiger partial charge in [-0.2, -0.15) is 13.2 Å². The molecule has 2 aromatic heterocycles. The van der Waals surface area contributed by atoms with Crippen LogP contribution in [0.25, 0.3) is 22.6 Å². The number of benzene rings is 2. The predicted octanol–water partition coefficient (Wildman–Crippen LogP) is 4.68. The summed E-state index contributed by atoms with van der Waals surface area (Å²) in [6, 6.07) is 12.5. The Bertz CT molecular complexity index is 1700. The number of nitrogens with two attached hydrogens (primary N) is 1. The zero-order valence-electron chi connectivity index (χ0n) is 21.4. The van der Waals surface area contributed by atoms with Crippen molar-refractivity contribution in [2.45, 2.75) is 18.3 Å². The first kappa shape index (κ1) is 26.4. The van der Waals surface area contributed by atoms with E-state index in [0.717, 1.165) is 12.1 Å². The predicted molar refractivity (Wildman–Crippen MR) is 146 cm³/mol. The average molecular weight is 561 g/mol. The summed E-state index contributed by atoms with van der Waals surface area (Å²) >= 11 is 0. The number of fused-ring (bicyclic) bond motifs is 4. The molecule has 4 heterocycles. The third kappa shape index (κ3) is 4.97. The largest absolute Gasteiger partial charge is 0.444 e. The van der Waals surface area contributed by atoms with E-state index in [9.17, 15) is 23.1 Å². The molecule has 0 aliphatic carbocycles. The molecule has 208 valence electrons. The normalized spacial score (nSPS) is 17.6. The Balaban J connectivity index is 1.39. The third-order valence-corrected chi connectivity index (χ3v) is 6.97. The fourth-order valence-corrected chi connectivity index (χ4v) is 5.12. The zero-order chi connectivity index (χ0) is 28.8. The van der Waals surface area contributed by atoms with Gasteiger partial charge < -0.3 is 25.5 Å². The van der Waals surface area contributed by atoms with Crippen LogP contribution >= 0.6 is 0 Å². The highest BCUT2D eigenvalue weighted by Gasteiger charge is 2.51. The Labute approximate surface area is 232 Å². The van der Waals surface area contributed by atoms with Crippen molar-refractivity contribution < 1.29 is 27.5 Å². The van der Waals surface area contributed by atoms with Gasteiger partial charge in [0.2, 0.25) is 0 Å². The maximum Gasteiger partial charge on any atom is 0.416 e. The number of nitrogens with zero attached hydrogens (tertiary/aromatic N) is 4. The number of alkyl halides is 3. The van der Waals surface area contributed by atoms with Gasteiger partial charge in [-0.1, -0.05) is 24.0 Å². The number of halogens is 3. The average Bonchev–Trinajstić information content (AvgIpc) is 3.60. The van der Waals surface area contributed by atoms with E-state index in [0.29, 0.717) is 34.8 Å². The van der Waals surface area contributed by atoms with Crippen LogP contribution in [-0.4, -0.2) is 46.5 Å². The molecule has 2 aliphatic rings. The molecule has 6 rings (SSSR count). The highest BCUT2D eigenvalue weighted by molar-refractivity contribution is 6.05. The molecule has 41 heavy (non-hydrogen) atoms. The number of carbonyl (C=O) groups is 1. The van der Waals surface area contributed by atoms with Crippen LogP contribution in [0.1, 0.15) is 17.5 Å². The number of oxazole rings is 1. The fourth-order valence-electron chi connectivity index (χ4n) is 5.12. The van der Waals surface area contributed by atoms with Gasteiger partial charge in [0.15, 0.2) is 23.7 Å². The van der Waals surface area contributed by atoms with E-state index in [2.05, 4.69) is 27.1 Å². The molecular weight excluding hydrogens is 537 g/mol. The van der Waals surface area contributed by atoms with Crippen molar-refractivity contribution >= 4 is 23.2 Å². The van der Waals surface area contributed by atoms with Crippen LogP contribution in [0.5, 0.6) is 0 Å². The summed E-state index contributed by atoms with van der Waals surface area (Å²) in [6.07, 6.45) is -1.47. The monoisotopic (exact) mass is 560 g/mol. The molecule has 0 radical (unpaired) electrons. The highest BCUT2D eigenvalue weighted by atomic mass is 19.4. The number of carbonyl (C=O) groups excluding carboxylic acids is 1. The summed E-state index contributed by atoms with van der Waals surface area (Å²) in [4.78, 5) is 25.4. The van der Waals surface area contributed by atoms with Crippen LogP contribution in [0.2, 0.25) is 0 Å². The lowest BCUT2D eigenvalue weighted by Crippen LogP contribution is -2.58. The number of aromatic nitrogens is 2. The summed E-state index contributed by atoms with van der Waals surface area (Å²) in [5.41, 5.74) is 5.71. The molecule has 2 bridgehead atoms. The lowest BCUT2D eigenvalue weighted by Gasteiger charge is -2.41. The second kappa shape index (κ2) is 9.96. The van der Waals surface area contributed by atoms with Crippen LogP contribution < -0.4 is 20.9 Å². The number of aliphatic hydroxyl groups is 1. The van der Waals surface area contributed by atoms with Crippen LogP contribution in [0.15, 0.2) is 71.6 Å². The van der Waals surface area contributed by atoms with E-state index < -0.39 is 23.5 Å². The zero-order valence-corrected chi connectivity index (χ0v) is 21.4. The van der Waals surface area contributed by atoms with Gasteiger partial charge in [0.1, 0.15) is 0 Å². The number of pyridine rings is 1. The molecule has 0 saturated carbocycles. The van der Waals surface area contributed by atoms with Crippen molar-refractivity contribution in [3.8, 4) is 34.4 Å². The fraction of sp³-hybridized carbons (Fsp3) is 0.207. The van der Waals surface area contributed by atoms with E-state index in [1.807, 2.05) is 4.90 Å². The Hall–Kier alpha value is -4.86. The molecule has 0 spiro atoms. The second-order valence-electron chi connectivity index (χ2n) is 9.71.